The zero-order chi connectivity index (χ0) is 13.5. The molecule has 0 fully saturated rings. The zero-order valence-electron chi connectivity index (χ0n) is 10.5. The van der Waals surface area contributed by atoms with Crippen molar-refractivity contribution in [2.75, 3.05) is 6.61 Å². The standard InChI is InChI=1S/C13H17Cl2NO2/c1-3-6-18-12-5-4-11(15)7-10(12)8-16-13(17)9(2)14/h4-5,7,9H,3,6,8H2,1-2H3,(H,16,17). The molecule has 3 nitrogen and oxygen atoms in total. The Morgan fingerprint density at radius 2 is 2.22 bits per heavy atom. The van der Waals surface area contributed by atoms with Crippen molar-refractivity contribution in [3.63, 3.8) is 0 Å². The van der Waals surface area contributed by atoms with Crippen molar-refractivity contribution in [2.45, 2.75) is 32.2 Å². The summed E-state index contributed by atoms with van der Waals surface area (Å²) in [7, 11) is 0. The molecule has 1 aromatic carbocycles. The third kappa shape index (κ3) is 4.75. The van der Waals surface area contributed by atoms with E-state index in [1.165, 1.54) is 0 Å². The van der Waals surface area contributed by atoms with Crippen molar-refractivity contribution in [2.24, 2.45) is 0 Å². The van der Waals surface area contributed by atoms with E-state index in [9.17, 15) is 4.79 Å². The normalized spacial score (nSPS) is 12.0. The minimum atomic E-state index is -0.552. The first-order chi connectivity index (χ1) is 8.54. The van der Waals surface area contributed by atoms with Gasteiger partial charge in [0.2, 0.25) is 5.91 Å². The summed E-state index contributed by atoms with van der Waals surface area (Å²) in [6.07, 6.45) is 0.924. The zero-order valence-corrected chi connectivity index (χ0v) is 12.0. The fourth-order valence-electron chi connectivity index (χ4n) is 1.36. The van der Waals surface area contributed by atoms with Crippen LogP contribution in [0.3, 0.4) is 0 Å². The predicted octanol–water partition coefficient (Wildman–Crippen LogP) is 3.37. The van der Waals surface area contributed by atoms with Gasteiger partial charge in [-0.3, -0.25) is 4.79 Å². The highest BCUT2D eigenvalue weighted by molar-refractivity contribution is 6.31. The molecule has 0 saturated carbocycles. The lowest BCUT2D eigenvalue weighted by Gasteiger charge is -2.12. The highest BCUT2D eigenvalue weighted by Gasteiger charge is 2.10. The van der Waals surface area contributed by atoms with Crippen LogP contribution in [0.1, 0.15) is 25.8 Å². The molecule has 1 rings (SSSR count). The molecule has 100 valence electrons. The molecule has 1 amide bonds. The van der Waals surface area contributed by atoms with E-state index in [0.717, 1.165) is 17.7 Å². The van der Waals surface area contributed by atoms with Crippen molar-refractivity contribution < 1.29 is 9.53 Å². The van der Waals surface area contributed by atoms with E-state index in [4.69, 9.17) is 27.9 Å². The van der Waals surface area contributed by atoms with Crippen LogP contribution in [0.5, 0.6) is 5.75 Å². The minimum Gasteiger partial charge on any atom is -0.493 e. The highest BCUT2D eigenvalue weighted by atomic mass is 35.5. The van der Waals surface area contributed by atoms with Crippen LogP contribution in [-0.2, 0) is 11.3 Å². The molecule has 1 atom stereocenters. The van der Waals surface area contributed by atoms with Crippen LogP contribution in [0.25, 0.3) is 0 Å². The molecule has 1 aromatic rings. The lowest BCUT2D eigenvalue weighted by molar-refractivity contribution is -0.120. The minimum absolute atomic E-state index is 0.210. The van der Waals surface area contributed by atoms with Gasteiger partial charge in [-0.05, 0) is 31.5 Å². The van der Waals surface area contributed by atoms with E-state index >= 15 is 0 Å². The van der Waals surface area contributed by atoms with Crippen molar-refractivity contribution in [1.29, 1.82) is 0 Å². The molecule has 0 aliphatic rings. The number of carbonyl (C=O) groups excluding carboxylic acids is 1. The molecule has 0 bridgehead atoms. The van der Waals surface area contributed by atoms with Gasteiger partial charge in [0.05, 0.1) is 6.61 Å². The Labute approximate surface area is 117 Å². The van der Waals surface area contributed by atoms with E-state index in [0.29, 0.717) is 18.2 Å². The van der Waals surface area contributed by atoms with Crippen LogP contribution in [-0.4, -0.2) is 17.9 Å². The number of amides is 1. The van der Waals surface area contributed by atoms with E-state index in [-0.39, 0.29) is 5.91 Å². The fourth-order valence-corrected chi connectivity index (χ4v) is 1.63. The van der Waals surface area contributed by atoms with Crippen molar-refractivity contribution in [3.05, 3.63) is 28.8 Å². The number of benzene rings is 1. The average molecular weight is 290 g/mol. The molecule has 0 heterocycles. The summed E-state index contributed by atoms with van der Waals surface area (Å²) in [6, 6.07) is 5.36. The molecule has 0 spiro atoms. The monoisotopic (exact) mass is 289 g/mol. The largest absolute Gasteiger partial charge is 0.493 e. The molecule has 0 saturated heterocycles. The van der Waals surface area contributed by atoms with Crippen LogP contribution in [0.2, 0.25) is 5.02 Å². The van der Waals surface area contributed by atoms with Gasteiger partial charge in [0.15, 0.2) is 0 Å². The van der Waals surface area contributed by atoms with Gasteiger partial charge >= 0.3 is 0 Å². The number of hydrogen-bond donors (Lipinski definition) is 1. The molecule has 0 aliphatic heterocycles. The van der Waals surface area contributed by atoms with Crippen LogP contribution < -0.4 is 10.1 Å². The summed E-state index contributed by atoms with van der Waals surface area (Å²) in [6.45, 7) is 4.65. The number of hydrogen-bond acceptors (Lipinski definition) is 2. The first kappa shape index (κ1) is 15.1. The van der Waals surface area contributed by atoms with Gasteiger partial charge in [-0.25, -0.2) is 0 Å². The Hall–Kier alpha value is -0.930. The quantitative estimate of drug-likeness (QED) is 0.816. The number of carbonyl (C=O) groups is 1. The van der Waals surface area contributed by atoms with Gasteiger partial charge in [-0.1, -0.05) is 18.5 Å². The summed E-state index contributed by atoms with van der Waals surface area (Å²) in [5.41, 5.74) is 0.849. The molecule has 5 heteroatoms. The summed E-state index contributed by atoms with van der Waals surface area (Å²) in [5.74, 6) is 0.529. The van der Waals surface area contributed by atoms with Gasteiger partial charge in [0, 0.05) is 17.1 Å². The maximum atomic E-state index is 11.4. The van der Waals surface area contributed by atoms with Crippen molar-refractivity contribution >= 4 is 29.1 Å². The van der Waals surface area contributed by atoms with Gasteiger partial charge < -0.3 is 10.1 Å². The lowest BCUT2D eigenvalue weighted by Crippen LogP contribution is -2.29. The van der Waals surface area contributed by atoms with E-state index in [1.54, 1.807) is 19.1 Å². The molecule has 18 heavy (non-hydrogen) atoms. The average Bonchev–Trinajstić information content (AvgIpc) is 2.34. The maximum Gasteiger partial charge on any atom is 0.238 e. The number of rotatable bonds is 6. The SMILES string of the molecule is CCCOc1ccc(Cl)cc1CNC(=O)C(C)Cl. The smallest absolute Gasteiger partial charge is 0.238 e. The number of alkyl halides is 1. The van der Waals surface area contributed by atoms with Crippen molar-refractivity contribution in [1.82, 2.24) is 5.32 Å². The van der Waals surface area contributed by atoms with Crippen LogP contribution in [0.15, 0.2) is 18.2 Å². The van der Waals surface area contributed by atoms with Gasteiger partial charge in [-0.2, -0.15) is 0 Å². The Balaban J connectivity index is 2.72. The Kier molecular flexibility index (Phi) is 6.30. The second-order valence-electron chi connectivity index (χ2n) is 3.93. The number of nitrogens with one attached hydrogen (secondary N) is 1. The Bertz CT molecular complexity index is 408. The molecule has 0 aromatic heterocycles. The first-order valence-corrected chi connectivity index (χ1v) is 6.69. The van der Waals surface area contributed by atoms with Crippen molar-refractivity contribution in [3.8, 4) is 5.75 Å². The maximum absolute atomic E-state index is 11.4. The van der Waals surface area contributed by atoms with E-state index in [2.05, 4.69) is 5.32 Å². The Morgan fingerprint density at radius 3 is 2.83 bits per heavy atom. The Morgan fingerprint density at radius 1 is 1.50 bits per heavy atom. The third-order valence-corrected chi connectivity index (χ3v) is 2.73. The molecular weight excluding hydrogens is 273 g/mol. The van der Waals surface area contributed by atoms with Gasteiger partial charge in [0.25, 0.3) is 0 Å². The first-order valence-electron chi connectivity index (χ1n) is 5.87. The van der Waals surface area contributed by atoms with E-state index in [1.807, 2.05) is 13.0 Å². The second kappa shape index (κ2) is 7.49. The predicted molar refractivity (Wildman–Crippen MR) is 74.4 cm³/mol. The molecular formula is C13H17Cl2NO2. The van der Waals surface area contributed by atoms with Crippen LogP contribution in [0.4, 0.5) is 0 Å². The molecule has 0 radical (unpaired) electrons. The van der Waals surface area contributed by atoms with Gasteiger partial charge in [-0.15, -0.1) is 11.6 Å². The van der Waals surface area contributed by atoms with Crippen LogP contribution >= 0.6 is 23.2 Å². The highest BCUT2D eigenvalue weighted by Crippen LogP contribution is 2.23. The molecule has 0 aliphatic carbocycles. The summed E-state index contributed by atoms with van der Waals surface area (Å²) in [5, 5.41) is 2.79. The van der Waals surface area contributed by atoms with Crippen LogP contribution in [0, 0.1) is 0 Å². The summed E-state index contributed by atoms with van der Waals surface area (Å²) >= 11 is 11.6. The topological polar surface area (TPSA) is 38.3 Å². The fraction of sp³-hybridized carbons (Fsp3) is 0.462. The summed E-state index contributed by atoms with van der Waals surface area (Å²) < 4.78 is 5.59. The number of ether oxygens (including phenoxy) is 1. The van der Waals surface area contributed by atoms with Gasteiger partial charge in [0.1, 0.15) is 11.1 Å². The molecule has 1 N–H and O–H groups in total. The lowest BCUT2D eigenvalue weighted by atomic mass is 10.2. The third-order valence-electron chi connectivity index (χ3n) is 2.30. The van der Waals surface area contributed by atoms with E-state index < -0.39 is 5.38 Å². The molecule has 1 unspecified atom stereocenters. The number of halogens is 2. The second-order valence-corrected chi connectivity index (χ2v) is 5.03. The summed E-state index contributed by atoms with van der Waals surface area (Å²) in [4.78, 5) is 11.4.